The number of hydrogen-bond acceptors (Lipinski definition) is 10. The third kappa shape index (κ3) is 7.02. The van der Waals surface area contributed by atoms with Gasteiger partial charge in [0.05, 0.1) is 18.4 Å². The van der Waals surface area contributed by atoms with Crippen molar-refractivity contribution in [1.82, 2.24) is 15.0 Å². The summed E-state index contributed by atoms with van der Waals surface area (Å²) in [6, 6.07) is 10.3. The number of aromatic nitrogens is 3. The van der Waals surface area contributed by atoms with Crippen LogP contribution in [0.4, 0.5) is 22.2 Å². The van der Waals surface area contributed by atoms with E-state index < -0.39 is 11.8 Å². The molecule has 3 heterocycles. The summed E-state index contributed by atoms with van der Waals surface area (Å²) in [6.07, 6.45) is 8.59. The van der Waals surface area contributed by atoms with Gasteiger partial charge in [0.25, 0.3) is 0 Å². The van der Waals surface area contributed by atoms with Crippen LogP contribution in [-0.4, -0.2) is 59.9 Å². The van der Waals surface area contributed by atoms with Gasteiger partial charge in [-0.3, -0.25) is 0 Å². The summed E-state index contributed by atoms with van der Waals surface area (Å²) in [7, 11) is 0. The highest BCUT2D eigenvalue weighted by atomic mass is 19.1. The van der Waals surface area contributed by atoms with Crippen molar-refractivity contribution in [3.63, 3.8) is 0 Å². The first kappa shape index (κ1) is 27.3. The molecule has 0 amide bonds. The van der Waals surface area contributed by atoms with E-state index in [9.17, 15) is 9.18 Å². The van der Waals surface area contributed by atoms with Gasteiger partial charge in [-0.25, -0.2) is 14.6 Å². The first-order valence-corrected chi connectivity index (χ1v) is 13.9. The van der Waals surface area contributed by atoms with E-state index in [1.807, 2.05) is 6.92 Å². The van der Waals surface area contributed by atoms with E-state index in [1.54, 1.807) is 24.4 Å². The van der Waals surface area contributed by atoms with Crippen molar-refractivity contribution >= 4 is 30.0 Å². The monoisotopic (exact) mass is 547 g/mol. The zero-order valence-corrected chi connectivity index (χ0v) is 22.7. The van der Waals surface area contributed by atoms with Gasteiger partial charge in [0.2, 0.25) is 17.8 Å². The molecule has 0 spiro atoms. The molecule has 2 fully saturated rings. The van der Waals surface area contributed by atoms with Crippen molar-refractivity contribution in [2.75, 3.05) is 48.0 Å². The number of anilines is 3. The number of carbonyl (C=O) groups excluding carboxylic acids is 1. The number of benzene rings is 2. The number of nitrogens with zero attached hydrogens (tertiary/aromatic N) is 6. The lowest BCUT2D eigenvalue weighted by Crippen LogP contribution is -2.34. The topological polar surface area (TPSA) is 105 Å². The molecule has 1 aromatic heterocycles. The Balaban J connectivity index is 1.31. The third-order valence-electron chi connectivity index (χ3n) is 6.82. The molecule has 10 nitrogen and oxygen atoms in total. The van der Waals surface area contributed by atoms with E-state index in [4.69, 9.17) is 14.5 Å². The molecule has 5 rings (SSSR count). The molecule has 3 aromatic rings. The quantitative estimate of drug-likeness (QED) is 0.170. The maximum absolute atomic E-state index is 13.2. The molecule has 0 unspecified atom stereocenters. The lowest BCUT2D eigenvalue weighted by atomic mass is 10.1. The summed E-state index contributed by atoms with van der Waals surface area (Å²) in [5.41, 5.74) is 3.93. The molecule has 2 saturated heterocycles. The Hall–Kier alpha value is -4.28. The van der Waals surface area contributed by atoms with E-state index in [2.05, 4.69) is 30.3 Å². The van der Waals surface area contributed by atoms with Crippen LogP contribution >= 0.6 is 0 Å². The molecular weight excluding hydrogens is 513 g/mol. The zero-order chi connectivity index (χ0) is 27.7. The molecule has 0 radical (unpaired) electrons. The SMILES string of the molecule is CCOc1cc(C=NNc2nc(N3CCCCC3)nc(N3CCCCC3)n2)ccc1OC(=O)c1ccc(F)cc1. The number of esters is 1. The maximum Gasteiger partial charge on any atom is 0.343 e. The number of piperidine rings is 2. The molecule has 0 saturated carbocycles. The van der Waals surface area contributed by atoms with Crippen molar-refractivity contribution in [2.24, 2.45) is 5.10 Å². The standard InChI is InChI=1S/C29H34FN7O3/c1-2-39-25-19-21(9-14-24(25)40-26(38)22-10-12-23(30)13-11-22)20-31-35-27-32-28(36-15-5-3-6-16-36)34-29(33-27)37-17-7-4-8-18-37/h9-14,19-20H,2-8,15-18H2,1H3,(H,32,33,34,35). The van der Waals surface area contributed by atoms with Crippen LogP contribution < -0.4 is 24.7 Å². The smallest absolute Gasteiger partial charge is 0.343 e. The van der Waals surface area contributed by atoms with E-state index in [0.29, 0.717) is 30.2 Å². The van der Waals surface area contributed by atoms with Gasteiger partial charge in [0.1, 0.15) is 5.82 Å². The molecule has 1 N–H and O–H groups in total. The molecule has 2 aromatic carbocycles. The Morgan fingerprint density at radius 1 is 0.900 bits per heavy atom. The molecule has 0 bridgehead atoms. The van der Waals surface area contributed by atoms with Crippen LogP contribution in [0.15, 0.2) is 47.6 Å². The fraction of sp³-hybridized carbons (Fsp3) is 0.414. The summed E-state index contributed by atoms with van der Waals surface area (Å²) >= 11 is 0. The van der Waals surface area contributed by atoms with Crippen LogP contribution in [0.3, 0.4) is 0 Å². The van der Waals surface area contributed by atoms with E-state index in [-0.39, 0.29) is 11.3 Å². The normalized spacial score (nSPS) is 15.8. The average molecular weight is 548 g/mol. The Morgan fingerprint density at radius 2 is 1.52 bits per heavy atom. The number of carbonyl (C=O) groups is 1. The minimum Gasteiger partial charge on any atom is -0.490 e. The van der Waals surface area contributed by atoms with Crippen LogP contribution in [0.2, 0.25) is 0 Å². The van der Waals surface area contributed by atoms with Crippen LogP contribution in [0.5, 0.6) is 11.5 Å². The van der Waals surface area contributed by atoms with Gasteiger partial charge < -0.3 is 19.3 Å². The van der Waals surface area contributed by atoms with Gasteiger partial charge in [0.15, 0.2) is 11.5 Å². The van der Waals surface area contributed by atoms with Crippen molar-refractivity contribution in [1.29, 1.82) is 0 Å². The maximum atomic E-state index is 13.2. The van der Waals surface area contributed by atoms with Crippen LogP contribution in [0, 0.1) is 5.82 Å². The number of ether oxygens (including phenoxy) is 2. The number of rotatable bonds is 9. The first-order chi connectivity index (χ1) is 19.6. The van der Waals surface area contributed by atoms with Crippen molar-refractivity contribution in [3.05, 3.63) is 59.4 Å². The zero-order valence-electron chi connectivity index (χ0n) is 22.7. The van der Waals surface area contributed by atoms with Gasteiger partial charge in [0, 0.05) is 26.2 Å². The van der Waals surface area contributed by atoms with E-state index in [0.717, 1.165) is 57.4 Å². The van der Waals surface area contributed by atoms with Gasteiger partial charge >= 0.3 is 5.97 Å². The average Bonchev–Trinajstić information content (AvgIpc) is 2.99. The summed E-state index contributed by atoms with van der Waals surface area (Å²) in [5.74, 6) is 1.37. The molecule has 0 aliphatic carbocycles. The Bertz CT molecular complexity index is 1290. The van der Waals surface area contributed by atoms with Gasteiger partial charge in [-0.05, 0) is 93.5 Å². The van der Waals surface area contributed by atoms with Crippen molar-refractivity contribution in [2.45, 2.75) is 45.4 Å². The van der Waals surface area contributed by atoms with Crippen LogP contribution in [-0.2, 0) is 0 Å². The predicted octanol–water partition coefficient (Wildman–Crippen LogP) is 5.06. The van der Waals surface area contributed by atoms with Gasteiger partial charge in [-0.2, -0.15) is 20.1 Å². The van der Waals surface area contributed by atoms with Crippen LogP contribution in [0.1, 0.15) is 61.4 Å². The molecule has 210 valence electrons. The van der Waals surface area contributed by atoms with Gasteiger partial charge in [-0.1, -0.05) is 0 Å². The van der Waals surface area contributed by atoms with E-state index >= 15 is 0 Å². The Kier molecular flexibility index (Phi) is 9.00. The number of hydrogen-bond donors (Lipinski definition) is 1. The number of nitrogens with one attached hydrogen (secondary N) is 1. The Morgan fingerprint density at radius 3 is 2.12 bits per heavy atom. The highest BCUT2D eigenvalue weighted by Gasteiger charge is 2.20. The summed E-state index contributed by atoms with van der Waals surface area (Å²) in [6.45, 7) is 5.96. The molecule has 0 atom stereocenters. The summed E-state index contributed by atoms with van der Waals surface area (Å²) in [4.78, 5) is 31.1. The Labute approximate surface area is 233 Å². The van der Waals surface area contributed by atoms with Crippen molar-refractivity contribution in [3.8, 4) is 11.5 Å². The molecule has 2 aliphatic heterocycles. The van der Waals surface area contributed by atoms with E-state index in [1.165, 1.54) is 37.1 Å². The minimum absolute atomic E-state index is 0.240. The molecular formula is C29H34FN7O3. The molecule has 40 heavy (non-hydrogen) atoms. The fourth-order valence-electron chi connectivity index (χ4n) is 4.74. The predicted molar refractivity (Wildman–Crippen MR) is 152 cm³/mol. The number of hydrazone groups is 1. The summed E-state index contributed by atoms with van der Waals surface area (Å²) in [5, 5.41) is 4.37. The molecule has 2 aliphatic rings. The fourth-order valence-corrected chi connectivity index (χ4v) is 4.74. The second kappa shape index (κ2) is 13.2. The summed E-state index contributed by atoms with van der Waals surface area (Å²) < 4.78 is 24.4. The first-order valence-electron chi connectivity index (χ1n) is 13.9. The minimum atomic E-state index is -0.604. The lowest BCUT2D eigenvalue weighted by Gasteiger charge is -2.30. The van der Waals surface area contributed by atoms with Gasteiger partial charge in [-0.15, -0.1) is 0 Å². The van der Waals surface area contributed by atoms with Crippen LogP contribution in [0.25, 0.3) is 0 Å². The van der Waals surface area contributed by atoms with Crippen molar-refractivity contribution < 1.29 is 18.7 Å². The lowest BCUT2D eigenvalue weighted by molar-refractivity contribution is 0.0728. The highest BCUT2D eigenvalue weighted by molar-refractivity contribution is 5.91. The third-order valence-corrected chi connectivity index (χ3v) is 6.82. The second-order valence-electron chi connectivity index (χ2n) is 9.76. The second-order valence-corrected chi connectivity index (χ2v) is 9.76. The number of halogens is 1. The highest BCUT2D eigenvalue weighted by Crippen LogP contribution is 2.29. The largest absolute Gasteiger partial charge is 0.490 e. The molecule has 11 heteroatoms.